The molecule has 0 unspecified atom stereocenters. The Kier molecular flexibility index (Phi) is 5.10. The van der Waals surface area contributed by atoms with E-state index in [0.29, 0.717) is 43.2 Å². The molecule has 0 aromatic carbocycles. The molecule has 0 saturated carbocycles. The number of hydrogen-bond acceptors (Lipinski definition) is 7. The van der Waals surface area contributed by atoms with Crippen LogP contribution in [-0.2, 0) is 22.4 Å². The third kappa shape index (κ3) is 3.91. The van der Waals surface area contributed by atoms with Crippen molar-refractivity contribution in [3.8, 4) is 10.8 Å². The number of thioether (sulfide) groups is 1. The Balaban J connectivity index is 1.38. The van der Waals surface area contributed by atoms with Gasteiger partial charge < -0.3 is 14.1 Å². The first kappa shape index (κ1) is 17.1. The topological polar surface area (TPSA) is 68.5 Å². The van der Waals surface area contributed by atoms with E-state index in [1.807, 2.05) is 4.90 Å². The van der Waals surface area contributed by atoms with Crippen LogP contribution in [0.5, 0.6) is 0 Å². The number of fused-ring (bicyclic) bond motifs is 1. The molecule has 2 aromatic heterocycles. The van der Waals surface area contributed by atoms with Gasteiger partial charge in [-0.2, -0.15) is 0 Å². The highest BCUT2D eigenvalue weighted by atomic mass is 32.2. The van der Waals surface area contributed by atoms with E-state index >= 15 is 0 Å². The Hall–Kier alpha value is -1.38. The van der Waals surface area contributed by atoms with E-state index in [-0.39, 0.29) is 5.91 Å². The molecule has 1 amide bonds. The Morgan fingerprint density at radius 3 is 3.08 bits per heavy atom. The molecule has 0 spiro atoms. The summed E-state index contributed by atoms with van der Waals surface area (Å²) in [6.07, 6.45) is 3.53. The van der Waals surface area contributed by atoms with Crippen molar-refractivity contribution < 1.29 is 13.9 Å². The number of rotatable bonds is 4. The summed E-state index contributed by atoms with van der Waals surface area (Å²) < 4.78 is 11.0. The number of carbonyl (C=O) groups is 1. The highest BCUT2D eigenvalue weighted by molar-refractivity contribution is 7.99. The van der Waals surface area contributed by atoms with Crippen LogP contribution in [0.4, 0.5) is 0 Å². The standard InChI is InChI=1S/C17H21N3O3S2/c1-11-2-3-13-12(8-11)9-14(25-13)16-18-19-17(23-16)24-10-15(21)20-4-6-22-7-5-20/h9,11H,2-8,10H2,1H3/t11-/m0/s1. The Morgan fingerprint density at radius 2 is 2.24 bits per heavy atom. The average Bonchev–Trinajstić information content (AvgIpc) is 3.26. The van der Waals surface area contributed by atoms with Crippen LogP contribution >= 0.6 is 23.1 Å². The summed E-state index contributed by atoms with van der Waals surface area (Å²) in [5.41, 5.74) is 1.42. The Morgan fingerprint density at radius 1 is 1.40 bits per heavy atom. The highest BCUT2D eigenvalue weighted by Crippen LogP contribution is 2.37. The van der Waals surface area contributed by atoms with E-state index in [0.717, 1.165) is 23.6 Å². The molecule has 1 fully saturated rings. The van der Waals surface area contributed by atoms with Crippen LogP contribution in [0.25, 0.3) is 10.8 Å². The highest BCUT2D eigenvalue weighted by Gasteiger charge is 2.22. The molecular formula is C17H21N3O3S2. The minimum Gasteiger partial charge on any atom is -0.410 e. The number of aromatic nitrogens is 2. The van der Waals surface area contributed by atoms with Gasteiger partial charge in [-0.25, -0.2) is 0 Å². The molecule has 1 aliphatic carbocycles. The Labute approximate surface area is 154 Å². The summed E-state index contributed by atoms with van der Waals surface area (Å²) in [5.74, 6) is 1.72. The lowest BCUT2D eigenvalue weighted by molar-refractivity contribution is -0.132. The summed E-state index contributed by atoms with van der Waals surface area (Å²) in [7, 11) is 0. The second-order valence-corrected chi connectivity index (χ2v) is 8.63. The largest absolute Gasteiger partial charge is 0.410 e. The van der Waals surface area contributed by atoms with Gasteiger partial charge in [0.15, 0.2) is 0 Å². The second-order valence-electron chi connectivity index (χ2n) is 6.56. The van der Waals surface area contributed by atoms with Gasteiger partial charge in [-0.15, -0.1) is 21.5 Å². The van der Waals surface area contributed by atoms with Gasteiger partial charge in [-0.3, -0.25) is 4.79 Å². The molecule has 1 saturated heterocycles. The first-order valence-corrected chi connectivity index (χ1v) is 10.4. The monoisotopic (exact) mass is 379 g/mol. The van der Waals surface area contributed by atoms with Gasteiger partial charge in [0.25, 0.3) is 11.1 Å². The fourth-order valence-corrected chi connectivity index (χ4v) is 5.00. The molecule has 1 aliphatic heterocycles. The predicted molar refractivity (Wildman–Crippen MR) is 96.9 cm³/mol. The number of ether oxygens (including phenoxy) is 1. The number of thiophene rings is 1. The van der Waals surface area contributed by atoms with Crippen molar-refractivity contribution in [2.45, 2.75) is 31.4 Å². The van der Waals surface area contributed by atoms with Crippen LogP contribution in [0.2, 0.25) is 0 Å². The molecule has 8 heteroatoms. The predicted octanol–water partition coefficient (Wildman–Crippen LogP) is 2.87. The maximum atomic E-state index is 12.2. The second kappa shape index (κ2) is 7.47. The molecule has 0 N–H and O–H groups in total. The zero-order chi connectivity index (χ0) is 17.2. The molecule has 2 aromatic rings. The Bertz CT molecular complexity index is 752. The first-order chi connectivity index (χ1) is 12.2. The van der Waals surface area contributed by atoms with Crippen LogP contribution in [0, 0.1) is 5.92 Å². The summed E-state index contributed by atoms with van der Waals surface area (Å²) >= 11 is 3.06. The van der Waals surface area contributed by atoms with Crippen LogP contribution in [-0.4, -0.2) is 53.1 Å². The summed E-state index contributed by atoms with van der Waals surface area (Å²) in [6.45, 7) is 4.85. The van der Waals surface area contributed by atoms with Crippen LogP contribution in [0.15, 0.2) is 15.7 Å². The first-order valence-electron chi connectivity index (χ1n) is 8.63. The third-order valence-corrected chi connectivity index (χ3v) is 6.66. The zero-order valence-electron chi connectivity index (χ0n) is 14.2. The van der Waals surface area contributed by atoms with Crippen molar-refractivity contribution in [2.75, 3.05) is 32.1 Å². The molecule has 134 valence electrons. The lowest BCUT2D eigenvalue weighted by Gasteiger charge is -2.26. The van der Waals surface area contributed by atoms with E-state index in [9.17, 15) is 4.79 Å². The number of carbonyl (C=O) groups excluding carboxylic acids is 1. The van der Waals surface area contributed by atoms with Gasteiger partial charge in [0.1, 0.15) is 0 Å². The molecule has 4 rings (SSSR count). The molecule has 1 atom stereocenters. The number of nitrogens with zero attached hydrogens (tertiary/aromatic N) is 3. The van der Waals surface area contributed by atoms with E-state index in [2.05, 4.69) is 23.2 Å². The fourth-order valence-electron chi connectivity index (χ4n) is 3.21. The fraction of sp³-hybridized carbons (Fsp3) is 0.588. The molecule has 25 heavy (non-hydrogen) atoms. The number of amides is 1. The van der Waals surface area contributed by atoms with Crippen molar-refractivity contribution in [2.24, 2.45) is 5.92 Å². The average molecular weight is 380 g/mol. The van der Waals surface area contributed by atoms with Gasteiger partial charge in [0.2, 0.25) is 5.91 Å². The van der Waals surface area contributed by atoms with Gasteiger partial charge in [-0.1, -0.05) is 18.7 Å². The summed E-state index contributed by atoms with van der Waals surface area (Å²) in [6, 6.07) is 2.19. The molecular weight excluding hydrogens is 358 g/mol. The molecule has 3 heterocycles. The van der Waals surface area contributed by atoms with E-state index in [4.69, 9.17) is 9.15 Å². The minimum absolute atomic E-state index is 0.0913. The smallest absolute Gasteiger partial charge is 0.277 e. The van der Waals surface area contributed by atoms with Crippen molar-refractivity contribution in [1.82, 2.24) is 15.1 Å². The van der Waals surface area contributed by atoms with Gasteiger partial charge in [-0.05, 0) is 36.8 Å². The zero-order valence-corrected chi connectivity index (χ0v) is 15.8. The van der Waals surface area contributed by atoms with Crippen molar-refractivity contribution >= 4 is 29.0 Å². The van der Waals surface area contributed by atoms with E-state index in [1.165, 1.54) is 28.6 Å². The van der Waals surface area contributed by atoms with Gasteiger partial charge in [0.05, 0.1) is 23.8 Å². The SMILES string of the molecule is C[C@H]1CCc2sc(-c3nnc(SCC(=O)N4CCOCC4)o3)cc2C1. The molecule has 0 bridgehead atoms. The minimum atomic E-state index is 0.0913. The van der Waals surface area contributed by atoms with Gasteiger partial charge in [0, 0.05) is 18.0 Å². The number of morpholine rings is 1. The van der Waals surface area contributed by atoms with Crippen LogP contribution in [0.1, 0.15) is 23.8 Å². The maximum Gasteiger partial charge on any atom is 0.277 e. The number of hydrogen-bond donors (Lipinski definition) is 0. The van der Waals surface area contributed by atoms with Crippen molar-refractivity contribution in [1.29, 1.82) is 0 Å². The molecule has 0 radical (unpaired) electrons. The van der Waals surface area contributed by atoms with Crippen LogP contribution < -0.4 is 0 Å². The molecule has 6 nitrogen and oxygen atoms in total. The van der Waals surface area contributed by atoms with Gasteiger partial charge >= 0.3 is 0 Å². The quantitative estimate of drug-likeness (QED) is 0.761. The molecule has 2 aliphatic rings. The summed E-state index contributed by atoms with van der Waals surface area (Å²) in [4.78, 5) is 16.5. The van der Waals surface area contributed by atoms with Crippen molar-refractivity contribution in [3.05, 3.63) is 16.5 Å². The van der Waals surface area contributed by atoms with Crippen LogP contribution in [0.3, 0.4) is 0 Å². The normalized spacial score (nSPS) is 20.5. The van der Waals surface area contributed by atoms with Crippen molar-refractivity contribution in [3.63, 3.8) is 0 Å². The third-order valence-electron chi connectivity index (χ3n) is 4.63. The van der Waals surface area contributed by atoms with E-state index < -0.39 is 0 Å². The lowest BCUT2D eigenvalue weighted by Crippen LogP contribution is -2.41. The number of aryl methyl sites for hydroxylation is 1. The maximum absolute atomic E-state index is 12.2. The lowest BCUT2D eigenvalue weighted by atomic mass is 9.90. The van der Waals surface area contributed by atoms with E-state index in [1.54, 1.807) is 11.3 Å². The summed E-state index contributed by atoms with van der Waals surface area (Å²) in [5, 5.41) is 8.71.